The van der Waals surface area contributed by atoms with Gasteiger partial charge in [0.25, 0.3) is 0 Å². The Morgan fingerprint density at radius 3 is 2.65 bits per heavy atom. The van der Waals surface area contributed by atoms with Gasteiger partial charge in [0.05, 0.1) is 6.61 Å². The lowest BCUT2D eigenvalue weighted by atomic mass is 10.1. The van der Waals surface area contributed by atoms with Crippen LogP contribution in [0.5, 0.6) is 0 Å². The molecular weight excluding hydrogens is 220 g/mol. The quantitative estimate of drug-likeness (QED) is 0.711. The summed E-state index contributed by atoms with van der Waals surface area (Å²) in [4.78, 5) is 13.7. The number of amides is 1. The maximum absolute atomic E-state index is 12.0. The zero-order valence-electron chi connectivity index (χ0n) is 10.8. The minimum absolute atomic E-state index is 0.0289. The molecule has 1 atom stereocenters. The fourth-order valence-corrected chi connectivity index (χ4v) is 2.24. The topological polar surface area (TPSA) is 61.8 Å². The Labute approximate surface area is 102 Å². The van der Waals surface area contributed by atoms with Crippen LogP contribution in [0.2, 0.25) is 0 Å². The van der Waals surface area contributed by atoms with Gasteiger partial charge in [0.1, 0.15) is 5.60 Å². The van der Waals surface area contributed by atoms with E-state index in [1.54, 1.807) is 4.90 Å². The molecule has 5 nitrogen and oxygen atoms in total. The van der Waals surface area contributed by atoms with Crippen molar-refractivity contribution in [3.63, 3.8) is 0 Å². The summed E-state index contributed by atoms with van der Waals surface area (Å²) in [6.07, 6.45) is 1.87. The average molecular weight is 242 g/mol. The zero-order chi connectivity index (χ0) is 12.7. The lowest BCUT2D eigenvalue weighted by molar-refractivity contribution is 0.0106. The standard InChI is InChI=1S/C12H22N2O3/c1-11(2,3)17-10(16)14-6-9(7-15)13-12(8-14)4-5-12/h9,13,15H,4-8H2,1-3H3/t9-/m1/s1. The number of aliphatic hydroxyl groups excluding tert-OH is 1. The first-order valence-electron chi connectivity index (χ1n) is 6.20. The van der Waals surface area contributed by atoms with Crippen LogP contribution in [-0.4, -0.2) is 53.0 Å². The molecule has 1 aliphatic heterocycles. The van der Waals surface area contributed by atoms with E-state index in [1.165, 1.54) is 0 Å². The molecule has 5 heteroatoms. The van der Waals surface area contributed by atoms with Gasteiger partial charge in [-0.25, -0.2) is 4.79 Å². The molecule has 1 saturated carbocycles. The molecular formula is C12H22N2O3. The highest BCUT2D eigenvalue weighted by atomic mass is 16.6. The van der Waals surface area contributed by atoms with Crippen LogP contribution >= 0.6 is 0 Å². The van der Waals surface area contributed by atoms with Crippen LogP contribution in [0, 0.1) is 0 Å². The summed E-state index contributed by atoms with van der Waals surface area (Å²) in [6.45, 7) is 6.86. The van der Waals surface area contributed by atoms with Crippen LogP contribution in [0.3, 0.4) is 0 Å². The van der Waals surface area contributed by atoms with Gasteiger partial charge in [-0.05, 0) is 33.6 Å². The second-order valence-corrected chi connectivity index (χ2v) is 6.17. The summed E-state index contributed by atoms with van der Waals surface area (Å²) >= 11 is 0. The summed E-state index contributed by atoms with van der Waals surface area (Å²) in [5.74, 6) is 0. The van der Waals surface area contributed by atoms with E-state index in [9.17, 15) is 9.90 Å². The van der Waals surface area contributed by atoms with Gasteiger partial charge in [-0.2, -0.15) is 0 Å². The van der Waals surface area contributed by atoms with Gasteiger partial charge < -0.3 is 20.1 Å². The van der Waals surface area contributed by atoms with Crippen molar-refractivity contribution in [3.8, 4) is 0 Å². The molecule has 1 amide bonds. The Hall–Kier alpha value is -0.810. The van der Waals surface area contributed by atoms with E-state index in [0.29, 0.717) is 13.1 Å². The Morgan fingerprint density at radius 1 is 1.53 bits per heavy atom. The Bertz CT molecular complexity index is 307. The van der Waals surface area contributed by atoms with E-state index in [4.69, 9.17) is 4.74 Å². The highest BCUT2D eigenvalue weighted by Crippen LogP contribution is 2.38. The summed E-state index contributed by atoms with van der Waals surface area (Å²) in [5, 5.41) is 12.6. The van der Waals surface area contributed by atoms with Gasteiger partial charge in [-0.3, -0.25) is 0 Å². The van der Waals surface area contributed by atoms with Crippen LogP contribution in [0.15, 0.2) is 0 Å². The van der Waals surface area contributed by atoms with Gasteiger partial charge in [-0.1, -0.05) is 0 Å². The predicted molar refractivity (Wildman–Crippen MR) is 63.8 cm³/mol. The van der Waals surface area contributed by atoms with Gasteiger partial charge in [0, 0.05) is 24.7 Å². The number of carbonyl (C=O) groups is 1. The van der Waals surface area contributed by atoms with Gasteiger partial charge >= 0.3 is 6.09 Å². The van der Waals surface area contributed by atoms with E-state index < -0.39 is 5.60 Å². The third-order valence-electron chi connectivity index (χ3n) is 3.17. The molecule has 0 aromatic rings. The maximum Gasteiger partial charge on any atom is 0.410 e. The van der Waals surface area contributed by atoms with Crippen molar-refractivity contribution in [3.05, 3.63) is 0 Å². The minimum atomic E-state index is -0.465. The van der Waals surface area contributed by atoms with Crippen LogP contribution < -0.4 is 5.32 Å². The molecule has 0 unspecified atom stereocenters. The van der Waals surface area contributed by atoms with Crippen molar-refractivity contribution >= 4 is 6.09 Å². The second-order valence-electron chi connectivity index (χ2n) is 6.17. The van der Waals surface area contributed by atoms with Crippen LogP contribution in [0.25, 0.3) is 0 Å². The molecule has 2 N–H and O–H groups in total. The summed E-state index contributed by atoms with van der Waals surface area (Å²) < 4.78 is 5.37. The minimum Gasteiger partial charge on any atom is -0.444 e. The number of rotatable bonds is 1. The van der Waals surface area contributed by atoms with E-state index in [-0.39, 0.29) is 24.3 Å². The number of aliphatic hydroxyl groups is 1. The number of piperazine rings is 1. The molecule has 1 heterocycles. The normalized spacial score (nSPS) is 27.1. The smallest absolute Gasteiger partial charge is 0.410 e. The number of carbonyl (C=O) groups excluding carboxylic acids is 1. The third kappa shape index (κ3) is 3.10. The van der Waals surface area contributed by atoms with Crippen molar-refractivity contribution in [1.82, 2.24) is 10.2 Å². The molecule has 0 aromatic heterocycles. The number of nitrogens with one attached hydrogen (secondary N) is 1. The summed E-state index contributed by atoms with van der Waals surface area (Å²) in [5.41, 5.74) is -0.421. The molecule has 2 rings (SSSR count). The van der Waals surface area contributed by atoms with Gasteiger partial charge in [0.15, 0.2) is 0 Å². The highest BCUT2D eigenvalue weighted by Gasteiger charge is 2.49. The second kappa shape index (κ2) is 4.14. The fourth-order valence-electron chi connectivity index (χ4n) is 2.24. The Kier molecular flexibility index (Phi) is 3.08. The molecule has 2 aliphatic rings. The molecule has 2 fully saturated rings. The summed E-state index contributed by atoms with van der Waals surface area (Å²) in [6, 6.07) is -0.0289. The predicted octanol–water partition coefficient (Wildman–Crippen LogP) is 0.720. The first kappa shape index (κ1) is 12.6. The molecule has 1 spiro atoms. The average Bonchev–Trinajstić information content (AvgIpc) is 2.94. The van der Waals surface area contributed by atoms with E-state index >= 15 is 0 Å². The SMILES string of the molecule is CC(C)(C)OC(=O)N1C[C@H](CO)NC2(CC2)C1. The van der Waals surface area contributed by atoms with E-state index in [2.05, 4.69) is 5.32 Å². The lowest BCUT2D eigenvalue weighted by Gasteiger charge is -2.39. The first-order valence-corrected chi connectivity index (χ1v) is 6.20. The van der Waals surface area contributed by atoms with Crippen molar-refractivity contribution in [2.45, 2.75) is 50.8 Å². The van der Waals surface area contributed by atoms with Gasteiger partial charge in [0.2, 0.25) is 0 Å². The van der Waals surface area contributed by atoms with Crippen LogP contribution in [0.4, 0.5) is 4.79 Å². The fraction of sp³-hybridized carbons (Fsp3) is 0.917. The van der Waals surface area contributed by atoms with Gasteiger partial charge in [-0.15, -0.1) is 0 Å². The molecule has 0 aromatic carbocycles. The van der Waals surface area contributed by atoms with Crippen molar-refractivity contribution < 1.29 is 14.6 Å². The lowest BCUT2D eigenvalue weighted by Crippen LogP contribution is -2.61. The van der Waals surface area contributed by atoms with Crippen molar-refractivity contribution in [2.24, 2.45) is 0 Å². The molecule has 0 bridgehead atoms. The van der Waals surface area contributed by atoms with Crippen LogP contribution in [0.1, 0.15) is 33.6 Å². The number of ether oxygens (including phenoxy) is 1. The van der Waals surface area contributed by atoms with E-state index in [1.807, 2.05) is 20.8 Å². The third-order valence-corrected chi connectivity index (χ3v) is 3.17. The largest absolute Gasteiger partial charge is 0.444 e. The molecule has 0 radical (unpaired) electrons. The van der Waals surface area contributed by atoms with Crippen molar-refractivity contribution in [2.75, 3.05) is 19.7 Å². The van der Waals surface area contributed by atoms with E-state index in [0.717, 1.165) is 12.8 Å². The number of hydrogen-bond donors (Lipinski definition) is 2. The zero-order valence-corrected chi connectivity index (χ0v) is 10.8. The highest BCUT2D eigenvalue weighted by molar-refractivity contribution is 5.68. The Morgan fingerprint density at radius 2 is 2.18 bits per heavy atom. The molecule has 17 heavy (non-hydrogen) atoms. The summed E-state index contributed by atoms with van der Waals surface area (Å²) in [7, 11) is 0. The monoisotopic (exact) mass is 242 g/mol. The molecule has 98 valence electrons. The number of nitrogens with zero attached hydrogens (tertiary/aromatic N) is 1. The molecule has 1 aliphatic carbocycles. The molecule has 1 saturated heterocycles. The first-order chi connectivity index (χ1) is 7.84. The van der Waals surface area contributed by atoms with Crippen molar-refractivity contribution in [1.29, 1.82) is 0 Å². The number of hydrogen-bond acceptors (Lipinski definition) is 4. The van der Waals surface area contributed by atoms with Crippen LogP contribution in [-0.2, 0) is 4.74 Å². The maximum atomic E-state index is 12.0. The Balaban J connectivity index is 1.98.